The lowest BCUT2D eigenvalue weighted by Crippen LogP contribution is -2.59. The fraction of sp³-hybridized carbons (Fsp3) is 0.581. The summed E-state index contributed by atoms with van der Waals surface area (Å²) in [5.74, 6) is -2.94. The number of aliphatic hydroxyl groups excluding tert-OH is 1. The summed E-state index contributed by atoms with van der Waals surface area (Å²) in [5.41, 5.74) is -0.837. The van der Waals surface area contributed by atoms with Crippen LogP contribution in [0.3, 0.4) is 0 Å². The van der Waals surface area contributed by atoms with Gasteiger partial charge >= 0.3 is 5.97 Å². The predicted molar refractivity (Wildman–Crippen MR) is 154 cm³/mol. The Hall–Kier alpha value is -2.68. The number of halogens is 1. The van der Waals surface area contributed by atoms with Crippen LogP contribution in [-0.2, 0) is 23.9 Å². The van der Waals surface area contributed by atoms with Gasteiger partial charge in [-0.05, 0) is 64.0 Å². The summed E-state index contributed by atoms with van der Waals surface area (Å²) < 4.78 is 12.4. The smallest absolute Gasteiger partial charge is 0.312 e. The number of hydrogen-bond acceptors (Lipinski definition) is 6. The largest absolute Gasteiger partial charge is 0.465 e. The molecule has 1 aromatic carbocycles. The lowest BCUT2D eigenvalue weighted by atomic mass is 9.66. The van der Waals surface area contributed by atoms with Gasteiger partial charge in [0.25, 0.3) is 5.91 Å². The number of carbonyl (C=O) groups is 3. The van der Waals surface area contributed by atoms with E-state index in [1.807, 2.05) is 39.0 Å². The number of para-hydroxylation sites is 1. The summed E-state index contributed by atoms with van der Waals surface area (Å²) in [4.78, 5) is 45.5. The number of aryl methyl sites for hydroxylation is 1. The fourth-order valence-electron chi connectivity index (χ4n) is 6.99. The van der Waals surface area contributed by atoms with Gasteiger partial charge in [0.15, 0.2) is 0 Å². The molecule has 2 unspecified atom stereocenters. The monoisotopic (exact) mass is 572 g/mol. The number of amides is 2. The Morgan fingerprint density at radius 2 is 2.05 bits per heavy atom. The molecule has 1 spiro atoms. The molecule has 2 bridgehead atoms. The van der Waals surface area contributed by atoms with E-state index in [4.69, 9.17) is 21.1 Å². The molecular weight excluding hydrogens is 532 g/mol. The van der Waals surface area contributed by atoms with E-state index < -0.39 is 41.1 Å². The van der Waals surface area contributed by atoms with Gasteiger partial charge in [-0.2, -0.15) is 0 Å². The van der Waals surface area contributed by atoms with Crippen LogP contribution in [0.2, 0.25) is 5.02 Å². The third-order valence-corrected chi connectivity index (χ3v) is 9.17. The number of benzene rings is 1. The molecule has 8 nitrogen and oxygen atoms in total. The van der Waals surface area contributed by atoms with E-state index in [2.05, 4.69) is 13.2 Å². The van der Waals surface area contributed by atoms with Crippen LogP contribution in [0.25, 0.3) is 0 Å². The fourth-order valence-corrected chi connectivity index (χ4v) is 7.32. The van der Waals surface area contributed by atoms with E-state index in [0.717, 1.165) is 18.4 Å². The number of nitrogens with zero attached hydrogens (tertiary/aromatic N) is 2. The van der Waals surface area contributed by atoms with Gasteiger partial charge in [-0.25, -0.2) is 0 Å². The molecule has 0 aliphatic carbocycles. The molecule has 0 radical (unpaired) electrons. The normalized spacial score (nSPS) is 29.3. The SMILES string of the molecule is C=CCCCCOC(=O)[C@H]1[C@H]2C(=O)N([C@@H](CC)CO)C(C(=O)N(CC=C)c3c(C)cccc3Cl)C23CC[C@]1(C)O3. The molecule has 0 aromatic heterocycles. The Bertz CT molecular complexity index is 1150. The van der Waals surface area contributed by atoms with Crippen molar-refractivity contribution in [2.45, 2.75) is 82.6 Å². The summed E-state index contributed by atoms with van der Waals surface area (Å²) in [5, 5.41) is 10.7. The first-order valence-electron chi connectivity index (χ1n) is 14.2. The van der Waals surface area contributed by atoms with Crippen LogP contribution in [-0.4, -0.2) is 70.8 Å². The number of carbonyl (C=O) groups excluding carboxylic acids is 3. The average Bonchev–Trinajstić information content (AvgIpc) is 3.49. The second kappa shape index (κ2) is 12.0. The van der Waals surface area contributed by atoms with Crippen LogP contribution in [0.5, 0.6) is 0 Å². The number of fused-ring (bicyclic) bond motifs is 1. The maximum Gasteiger partial charge on any atom is 0.312 e. The van der Waals surface area contributed by atoms with E-state index >= 15 is 0 Å². The van der Waals surface area contributed by atoms with Crippen molar-refractivity contribution in [3.8, 4) is 0 Å². The average molecular weight is 573 g/mol. The first-order valence-corrected chi connectivity index (χ1v) is 14.6. The van der Waals surface area contributed by atoms with Crippen molar-refractivity contribution >= 4 is 35.1 Å². The number of ether oxygens (including phenoxy) is 2. The molecule has 4 rings (SSSR count). The number of esters is 1. The highest BCUT2D eigenvalue weighted by atomic mass is 35.5. The molecule has 1 aromatic rings. The van der Waals surface area contributed by atoms with E-state index in [-0.39, 0.29) is 31.6 Å². The van der Waals surface area contributed by atoms with Crippen LogP contribution in [0.15, 0.2) is 43.5 Å². The number of anilines is 1. The zero-order valence-corrected chi connectivity index (χ0v) is 24.5. The Morgan fingerprint density at radius 1 is 1.30 bits per heavy atom. The molecule has 3 aliphatic heterocycles. The topological polar surface area (TPSA) is 96.4 Å². The molecule has 2 amide bonds. The van der Waals surface area contributed by atoms with E-state index in [1.165, 1.54) is 4.90 Å². The van der Waals surface area contributed by atoms with Crippen molar-refractivity contribution in [2.24, 2.45) is 11.8 Å². The Kier molecular flexibility index (Phi) is 9.12. The number of allylic oxidation sites excluding steroid dienone is 1. The second-order valence-electron chi connectivity index (χ2n) is 11.3. The third-order valence-electron chi connectivity index (χ3n) is 8.86. The molecule has 3 saturated heterocycles. The van der Waals surface area contributed by atoms with Gasteiger partial charge in [0.05, 0.1) is 41.5 Å². The molecule has 9 heteroatoms. The summed E-state index contributed by atoms with van der Waals surface area (Å²) in [6.45, 7) is 13.2. The van der Waals surface area contributed by atoms with Gasteiger partial charge in [-0.3, -0.25) is 14.4 Å². The second-order valence-corrected chi connectivity index (χ2v) is 11.7. The highest BCUT2D eigenvalue weighted by Crippen LogP contribution is 2.64. The first-order chi connectivity index (χ1) is 19.1. The number of rotatable bonds is 13. The molecule has 3 aliphatic rings. The van der Waals surface area contributed by atoms with E-state index in [1.54, 1.807) is 17.0 Å². The highest BCUT2D eigenvalue weighted by Gasteiger charge is 2.79. The molecule has 3 fully saturated rings. The lowest BCUT2D eigenvalue weighted by molar-refractivity contribution is -0.160. The number of unbranched alkanes of at least 4 members (excludes halogenated alkanes) is 2. The van der Waals surface area contributed by atoms with Crippen molar-refractivity contribution in [3.63, 3.8) is 0 Å². The minimum absolute atomic E-state index is 0.159. The zero-order valence-electron chi connectivity index (χ0n) is 23.7. The van der Waals surface area contributed by atoms with Crippen molar-refractivity contribution in [1.82, 2.24) is 4.90 Å². The van der Waals surface area contributed by atoms with Gasteiger partial charge in [0.1, 0.15) is 17.6 Å². The van der Waals surface area contributed by atoms with Crippen LogP contribution in [0, 0.1) is 18.8 Å². The van der Waals surface area contributed by atoms with Crippen molar-refractivity contribution in [3.05, 3.63) is 54.1 Å². The summed E-state index contributed by atoms with van der Waals surface area (Å²) in [7, 11) is 0. The molecular formula is C31H41ClN2O6. The van der Waals surface area contributed by atoms with Crippen molar-refractivity contribution in [1.29, 1.82) is 0 Å². The van der Waals surface area contributed by atoms with Gasteiger partial charge in [0.2, 0.25) is 5.91 Å². The third kappa shape index (κ3) is 4.88. The Labute approximate surface area is 241 Å². The molecule has 40 heavy (non-hydrogen) atoms. The molecule has 0 saturated carbocycles. The zero-order chi connectivity index (χ0) is 29.2. The number of likely N-dealkylation sites (tertiary alicyclic amines) is 1. The Balaban J connectivity index is 1.77. The summed E-state index contributed by atoms with van der Waals surface area (Å²) in [6, 6.07) is 3.72. The molecule has 6 atom stereocenters. The highest BCUT2D eigenvalue weighted by molar-refractivity contribution is 6.34. The predicted octanol–water partition coefficient (Wildman–Crippen LogP) is 4.60. The Morgan fingerprint density at radius 3 is 2.67 bits per heavy atom. The van der Waals surface area contributed by atoms with E-state index in [9.17, 15) is 19.5 Å². The van der Waals surface area contributed by atoms with Crippen LogP contribution < -0.4 is 4.90 Å². The number of hydrogen-bond donors (Lipinski definition) is 1. The van der Waals surface area contributed by atoms with Gasteiger partial charge in [-0.15, -0.1) is 13.2 Å². The molecule has 1 N–H and O–H groups in total. The quantitative estimate of drug-likeness (QED) is 0.211. The van der Waals surface area contributed by atoms with Crippen molar-refractivity contribution in [2.75, 3.05) is 24.7 Å². The number of aliphatic hydroxyl groups is 1. The lowest BCUT2D eigenvalue weighted by Gasteiger charge is -2.39. The van der Waals surface area contributed by atoms with Crippen LogP contribution >= 0.6 is 11.6 Å². The van der Waals surface area contributed by atoms with Crippen molar-refractivity contribution < 1.29 is 29.0 Å². The summed E-state index contributed by atoms with van der Waals surface area (Å²) >= 11 is 6.60. The molecule has 3 heterocycles. The van der Waals surface area contributed by atoms with Gasteiger partial charge < -0.3 is 24.4 Å². The minimum Gasteiger partial charge on any atom is -0.465 e. The first kappa shape index (κ1) is 30.3. The maximum absolute atomic E-state index is 14.7. The standard InChI is InChI=1S/C31H41ClN2O6/c1-6-9-10-11-18-39-29(38)24-23-27(36)34(21(8-3)19-35)26(31(23)16-15-30(24,5)40-31)28(37)33(17-7-2)25-20(4)13-12-14-22(25)32/h6-7,12-14,21,23-24,26,35H,1-2,8-11,15-19H2,3-5H3/t21-,23-,24+,26?,30-,31?/m0/s1. The van der Waals surface area contributed by atoms with Gasteiger partial charge in [0, 0.05) is 6.54 Å². The van der Waals surface area contributed by atoms with E-state index in [0.29, 0.717) is 36.4 Å². The van der Waals surface area contributed by atoms with Crippen LogP contribution in [0.1, 0.15) is 57.9 Å². The molecule has 218 valence electrons. The minimum atomic E-state index is -1.23. The van der Waals surface area contributed by atoms with Crippen LogP contribution in [0.4, 0.5) is 5.69 Å². The summed E-state index contributed by atoms with van der Waals surface area (Å²) in [6.07, 6.45) is 7.17. The maximum atomic E-state index is 14.7. The van der Waals surface area contributed by atoms with Gasteiger partial charge in [-0.1, -0.05) is 42.8 Å².